The minimum Gasteiger partial charge on any atom is -0.439 e. The van der Waals surface area contributed by atoms with Crippen LogP contribution in [0.3, 0.4) is 0 Å². The molecule has 2 heterocycles. The molecule has 3 N–H and O–H groups in total. The first kappa shape index (κ1) is 20.6. The van der Waals surface area contributed by atoms with Gasteiger partial charge in [-0.3, -0.25) is 0 Å². The Labute approximate surface area is 173 Å². The van der Waals surface area contributed by atoms with Crippen molar-refractivity contribution in [2.24, 2.45) is 5.73 Å². The van der Waals surface area contributed by atoms with Crippen molar-refractivity contribution < 1.29 is 18.7 Å². The number of nitrogens with two attached hydrogens (primary N) is 1. The molecule has 0 aliphatic carbocycles. The van der Waals surface area contributed by atoms with Gasteiger partial charge in [0.25, 0.3) is 0 Å². The van der Waals surface area contributed by atoms with Crippen molar-refractivity contribution >= 4 is 26.9 Å². The molecule has 0 fully saturated rings. The molecule has 0 bridgehead atoms. The van der Waals surface area contributed by atoms with E-state index in [0.29, 0.717) is 15.4 Å². The van der Waals surface area contributed by atoms with Crippen LogP contribution in [-0.4, -0.2) is 5.11 Å². The number of nitriles is 1. The predicted octanol–water partition coefficient (Wildman–Crippen LogP) is 4.04. The first-order chi connectivity index (χ1) is 13.4. The molecule has 1 aromatic heterocycles. The van der Waals surface area contributed by atoms with Crippen LogP contribution < -0.4 is 16.1 Å². The molecule has 8 heteroatoms. The van der Waals surface area contributed by atoms with Crippen LogP contribution in [0.25, 0.3) is 11.0 Å². The highest BCUT2D eigenvalue weighted by molar-refractivity contribution is 9.10. The van der Waals surface area contributed by atoms with Crippen molar-refractivity contribution in [2.75, 3.05) is 0 Å². The topological polar surface area (TPSA) is 109 Å². The summed E-state index contributed by atoms with van der Waals surface area (Å²) in [6, 6.07) is 11.0. The molecule has 148 valence electrons. The van der Waals surface area contributed by atoms with Crippen LogP contribution in [0.5, 0.6) is 5.75 Å². The van der Waals surface area contributed by atoms with Gasteiger partial charge < -0.3 is 20.0 Å². The molecular weight excluding hydrogens is 443 g/mol. The normalized spacial score (nSPS) is 15.3. The number of benzene rings is 2. The summed E-state index contributed by atoms with van der Waals surface area (Å²) in [5, 5.41) is 19.3. The molecule has 0 spiro atoms. The lowest BCUT2D eigenvalue weighted by Gasteiger charge is -2.26. The Hall–Kier alpha value is -3.15. The van der Waals surface area contributed by atoms with Crippen LogP contribution in [0.4, 0.5) is 4.39 Å². The second kappa shape index (κ2) is 7.70. The molecule has 0 radical (unpaired) electrons. The maximum absolute atomic E-state index is 14.7. The van der Waals surface area contributed by atoms with Crippen LogP contribution in [0.15, 0.2) is 61.5 Å². The van der Waals surface area contributed by atoms with Crippen LogP contribution in [-0.2, 0) is 6.61 Å². The van der Waals surface area contributed by atoms with Gasteiger partial charge in [-0.05, 0) is 29.8 Å². The second-order valence-electron chi connectivity index (χ2n) is 6.21. The third-order valence-electron chi connectivity index (χ3n) is 4.59. The van der Waals surface area contributed by atoms with E-state index >= 15 is 0 Å². The third kappa shape index (κ3) is 3.28. The van der Waals surface area contributed by atoms with Crippen molar-refractivity contribution in [1.82, 2.24) is 0 Å². The molecule has 1 atom stereocenters. The molecule has 3 aromatic rings. The quantitative estimate of drug-likeness (QED) is 0.560. The number of aliphatic hydroxyl groups excluding tert-OH is 1. The highest BCUT2D eigenvalue weighted by atomic mass is 79.9. The van der Waals surface area contributed by atoms with Crippen molar-refractivity contribution in [2.45, 2.75) is 20.0 Å². The monoisotopic (exact) mass is 458 g/mol. The standard InChI is InChI=1S/C20H12BrFN2O4.CH4/c21-10-2-4-11(14(22)6-10)16-13(7-23)19(24)28-18-12-3-1-9(8-25)5-15(12)27-20(26)17(16)18;/h1-6,16,25H,8,24H2;1H4. The van der Waals surface area contributed by atoms with Crippen molar-refractivity contribution in [3.63, 3.8) is 0 Å². The van der Waals surface area contributed by atoms with Crippen LogP contribution in [0.2, 0.25) is 0 Å². The Morgan fingerprint density at radius 1 is 1.28 bits per heavy atom. The summed E-state index contributed by atoms with van der Waals surface area (Å²) >= 11 is 3.19. The number of hydrogen-bond acceptors (Lipinski definition) is 6. The summed E-state index contributed by atoms with van der Waals surface area (Å²) in [5.74, 6) is -1.78. The van der Waals surface area contributed by atoms with Crippen molar-refractivity contribution in [3.05, 3.63) is 85.3 Å². The van der Waals surface area contributed by atoms with Gasteiger partial charge in [-0.1, -0.05) is 35.5 Å². The van der Waals surface area contributed by atoms with Gasteiger partial charge in [-0.15, -0.1) is 0 Å². The third-order valence-corrected chi connectivity index (χ3v) is 5.08. The number of ether oxygens (including phenoxy) is 1. The smallest absolute Gasteiger partial charge is 0.344 e. The second-order valence-corrected chi connectivity index (χ2v) is 7.13. The Morgan fingerprint density at radius 3 is 2.69 bits per heavy atom. The lowest BCUT2D eigenvalue weighted by molar-refractivity contribution is 0.282. The summed E-state index contributed by atoms with van der Waals surface area (Å²) in [4.78, 5) is 12.8. The van der Waals surface area contributed by atoms with E-state index in [2.05, 4.69) is 15.9 Å². The predicted molar refractivity (Wildman–Crippen MR) is 109 cm³/mol. The first-order valence-electron chi connectivity index (χ1n) is 8.17. The summed E-state index contributed by atoms with van der Waals surface area (Å²) in [7, 11) is 0. The highest BCUT2D eigenvalue weighted by Crippen LogP contribution is 2.44. The maximum atomic E-state index is 14.7. The van der Waals surface area contributed by atoms with E-state index < -0.39 is 17.4 Å². The van der Waals surface area contributed by atoms with E-state index in [9.17, 15) is 19.6 Å². The molecule has 6 nitrogen and oxygen atoms in total. The largest absolute Gasteiger partial charge is 0.439 e. The maximum Gasteiger partial charge on any atom is 0.344 e. The van der Waals surface area contributed by atoms with Crippen molar-refractivity contribution in [3.8, 4) is 11.8 Å². The van der Waals surface area contributed by atoms with Gasteiger partial charge >= 0.3 is 5.63 Å². The van der Waals surface area contributed by atoms with Crippen LogP contribution >= 0.6 is 15.9 Å². The molecule has 1 aliphatic heterocycles. The van der Waals surface area contributed by atoms with Crippen LogP contribution in [0.1, 0.15) is 30.0 Å². The number of aliphatic hydroxyl groups is 1. The van der Waals surface area contributed by atoms with Crippen molar-refractivity contribution in [1.29, 1.82) is 5.26 Å². The van der Waals surface area contributed by atoms with Gasteiger partial charge in [-0.2, -0.15) is 5.26 Å². The molecule has 0 saturated carbocycles. The summed E-state index contributed by atoms with van der Waals surface area (Å²) in [6.45, 7) is -0.231. The number of fused-ring (bicyclic) bond motifs is 3. The number of nitrogens with zero attached hydrogens (tertiary/aromatic N) is 1. The molecule has 29 heavy (non-hydrogen) atoms. The van der Waals surface area contributed by atoms with E-state index in [0.717, 1.165) is 0 Å². The van der Waals surface area contributed by atoms with E-state index in [1.807, 2.05) is 6.07 Å². The lowest BCUT2D eigenvalue weighted by Crippen LogP contribution is -2.26. The van der Waals surface area contributed by atoms with E-state index in [1.165, 1.54) is 18.2 Å². The molecule has 4 rings (SSSR count). The number of halogens is 2. The van der Waals surface area contributed by atoms with Gasteiger partial charge in [0.15, 0.2) is 5.75 Å². The van der Waals surface area contributed by atoms with E-state index in [1.54, 1.807) is 18.2 Å². The average molecular weight is 459 g/mol. The fraction of sp³-hybridized carbons (Fsp3) is 0.143. The SMILES string of the molecule is C.N#CC1=C(N)Oc2c(c(=O)oc3cc(CO)ccc23)C1c1ccc(Br)cc1F. The fourth-order valence-electron chi connectivity index (χ4n) is 3.31. The van der Waals surface area contributed by atoms with Gasteiger partial charge in [0.1, 0.15) is 23.0 Å². The zero-order valence-electron chi connectivity index (χ0n) is 14.2. The molecule has 2 aromatic carbocycles. The van der Waals surface area contributed by atoms with Gasteiger partial charge in [-0.25, -0.2) is 9.18 Å². The highest BCUT2D eigenvalue weighted by Gasteiger charge is 2.36. The minimum absolute atomic E-state index is 0. The Morgan fingerprint density at radius 2 is 2.03 bits per heavy atom. The average Bonchev–Trinajstić information content (AvgIpc) is 2.66. The first-order valence-corrected chi connectivity index (χ1v) is 8.97. The molecule has 1 aliphatic rings. The van der Waals surface area contributed by atoms with Crippen LogP contribution in [0, 0.1) is 17.1 Å². The molecular formula is C21H16BrFN2O4. The van der Waals surface area contributed by atoms with E-state index in [-0.39, 0.29) is 47.9 Å². The van der Waals surface area contributed by atoms with Gasteiger partial charge in [0.05, 0.1) is 23.5 Å². The molecule has 0 amide bonds. The number of hydrogen-bond donors (Lipinski definition) is 2. The minimum atomic E-state index is -1.07. The fourth-order valence-corrected chi connectivity index (χ4v) is 3.64. The summed E-state index contributed by atoms with van der Waals surface area (Å²) in [6.07, 6.45) is 0. The molecule has 0 saturated heterocycles. The van der Waals surface area contributed by atoms with Gasteiger partial charge in [0.2, 0.25) is 5.88 Å². The lowest BCUT2D eigenvalue weighted by atomic mass is 9.83. The summed E-state index contributed by atoms with van der Waals surface area (Å²) in [5.41, 5.74) is 5.93. The number of rotatable bonds is 2. The zero-order valence-corrected chi connectivity index (χ0v) is 15.8. The van der Waals surface area contributed by atoms with E-state index in [4.69, 9.17) is 14.9 Å². The zero-order chi connectivity index (χ0) is 20.0. The Kier molecular flexibility index (Phi) is 5.46. The Balaban J connectivity index is 0.00000240. The van der Waals surface area contributed by atoms with Gasteiger partial charge in [0, 0.05) is 10.0 Å². The summed E-state index contributed by atoms with van der Waals surface area (Å²) < 4.78 is 26.2. The molecule has 1 unspecified atom stereocenters. The number of allylic oxidation sites excluding steroid dienone is 1. The Bertz CT molecular complexity index is 1260.